The second kappa shape index (κ2) is 9.87. The molecule has 0 atom stereocenters. The molecule has 3 rings (SSSR count). The van der Waals surface area contributed by atoms with Gasteiger partial charge in [0.05, 0.1) is 32.0 Å². The van der Waals surface area contributed by atoms with Gasteiger partial charge in [0.25, 0.3) is 0 Å². The van der Waals surface area contributed by atoms with Gasteiger partial charge in [0, 0.05) is 13.1 Å². The number of carbonyl (C=O) groups excluding carboxylic acids is 2. The van der Waals surface area contributed by atoms with Crippen molar-refractivity contribution in [3.05, 3.63) is 54.6 Å². The monoisotopic (exact) mass is 383 g/mol. The smallest absolute Gasteiger partial charge is 0.238 e. The van der Waals surface area contributed by atoms with Crippen LogP contribution >= 0.6 is 0 Å². The van der Waals surface area contributed by atoms with Gasteiger partial charge in [-0.1, -0.05) is 30.3 Å². The number of hydrogen-bond donors (Lipinski definition) is 1. The molecule has 2 amide bonds. The van der Waals surface area contributed by atoms with Crippen molar-refractivity contribution < 1.29 is 19.1 Å². The fourth-order valence-electron chi connectivity index (χ4n) is 2.91. The Bertz CT molecular complexity index is 791. The third-order valence-corrected chi connectivity index (χ3v) is 4.31. The highest BCUT2D eigenvalue weighted by Gasteiger charge is 2.19. The SMILES string of the molecule is CN(CC(=O)Nc1ccccc1Oc1ccccc1)CC(=O)N1CCOCC1. The molecule has 0 bridgehead atoms. The van der Waals surface area contributed by atoms with E-state index in [1.165, 1.54) is 0 Å². The predicted molar refractivity (Wildman–Crippen MR) is 106 cm³/mol. The first-order valence-corrected chi connectivity index (χ1v) is 9.27. The van der Waals surface area contributed by atoms with Gasteiger partial charge in [-0.25, -0.2) is 0 Å². The minimum Gasteiger partial charge on any atom is -0.455 e. The second-order valence-corrected chi connectivity index (χ2v) is 6.62. The maximum absolute atomic E-state index is 12.4. The zero-order valence-electron chi connectivity index (χ0n) is 16.0. The Hall–Kier alpha value is -2.90. The van der Waals surface area contributed by atoms with Crippen LogP contribution in [0.1, 0.15) is 0 Å². The summed E-state index contributed by atoms with van der Waals surface area (Å²) in [4.78, 5) is 28.2. The Kier molecular flexibility index (Phi) is 7.00. The molecule has 0 unspecified atom stereocenters. The number of anilines is 1. The van der Waals surface area contributed by atoms with Gasteiger partial charge in [-0.15, -0.1) is 0 Å². The maximum Gasteiger partial charge on any atom is 0.238 e. The molecule has 1 heterocycles. The van der Waals surface area contributed by atoms with Crippen LogP contribution in [0.3, 0.4) is 0 Å². The van der Waals surface area contributed by atoms with Gasteiger partial charge in [0.1, 0.15) is 5.75 Å². The minimum atomic E-state index is -0.207. The van der Waals surface area contributed by atoms with Gasteiger partial charge in [-0.3, -0.25) is 14.5 Å². The molecule has 0 spiro atoms. The van der Waals surface area contributed by atoms with E-state index in [2.05, 4.69) is 5.32 Å². The second-order valence-electron chi connectivity index (χ2n) is 6.62. The molecule has 1 N–H and O–H groups in total. The fraction of sp³-hybridized carbons (Fsp3) is 0.333. The molecule has 28 heavy (non-hydrogen) atoms. The summed E-state index contributed by atoms with van der Waals surface area (Å²) < 4.78 is 11.1. The quantitative estimate of drug-likeness (QED) is 0.794. The van der Waals surface area contributed by atoms with Crippen LogP contribution < -0.4 is 10.1 Å². The van der Waals surface area contributed by atoms with E-state index in [-0.39, 0.29) is 24.9 Å². The van der Waals surface area contributed by atoms with Crippen molar-refractivity contribution in [3.8, 4) is 11.5 Å². The van der Waals surface area contributed by atoms with Gasteiger partial charge in [0.15, 0.2) is 5.75 Å². The number of ether oxygens (including phenoxy) is 2. The van der Waals surface area contributed by atoms with Crippen LogP contribution in [0.15, 0.2) is 54.6 Å². The molecule has 2 aromatic carbocycles. The Morgan fingerprint density at radius 2 is 1.71 bits per heavy atom. The molecule has 0 saturated carbocycles. The highest BCUT2D eigenvalue weighted by molar-refractivity contribution is 5.94. The normalized spacial score (nSPS) is 14.0. The lowest BCUT2D eigenvalue weighted by atomic mass is 10.2. The Balaban J connectivity index is 1.53. The number of hydrogen-bond acceptors (Lipinski definition) is 5. The van der Waals surface area contributed by atoms with Crippen LogP contribution in [0.2, 0.25) is 0 Å². The van der Waals surface area contributed by atoms with E-state index in [1.807, 2.05) is 42.5 Å². The Labute approximate surface area is 164 Å². The number of carbonyl (C=O) groups is 2. The van der Waals surface area contributed by atoms with Crippen LogP contribution in [-0.2, 0) is 14.3 Å². The molecular formula is C21H25N3O4. The molecule has 0 aliphatic carbocycles. The van der Waals surface area contributed by atoms with E-state index >= 15 is 0 Å². The lowest BCUT2D eigenvalue weighted by Gasteiger charge is -2.28. The van der Waals surface area contributed by atoms with E-state index in [0.717, 1.165) is 0 Å². The van der Waals surface area contributed by atoms with Crippen LogP contribution in [0, 0.1) is 0 Å². The van der Waals surface area contributed by atoms with Crippen molar-refractivity contribution in [3.63, 3.8) is 0 Å². The summed E-state index contributed by atoms with van der Waals surface area (Å²) in [7, 11) is 1.75. The average Bonchev–Trinajstić information content (AvgIpc) is 2.70. The molecule has 0 aromatic heterocycles. The fourth-order valence-corrected chi connectivity index (χ4v) is 2.91. The highest BCUT2D eigenvalue weighted by atomic mass is 16.5. The largest absolute Gasteiger partial charge is 0.455 e. The third kappa shape index (κ3) is 5.80. The maximum atomic E-state index is 12.4. The Morgan fingerprint density at radius 3 is 2.46 bits per heavy atom. The predicted octanol–water partition coefficient (Wildman–Crippen LogP) is 2.21. The molecule has 1 aliphatic rings. The van der Waals surface area contributed by atoms with Gasteiger partial charge in [-0.2, -0.15) is 0 Å². The zero-order chi connectivity index (χ0) is 19.8. The highest BCUT2D eigenvalue weighted by Crippen LogP contribution is 2.28. The summed E-state index contributed by atoms with van der Waals surface area (Å²) in [6.45, 7) is 2.62. The van der Waals surface area contributed by atoms with Crippen LogP contribution in [0.5, 0.6) is 11.5 Å². The Morgan fingerprint density at radius 1 is 1.04 bits per heavy atom. The molecular weight excluding hydrogens is 358 g/mol. The number of amides is 2. The van der Waals surface area contributed by atoms with Crippen molar-refractivity contribution in [2.45, 2.75) is 0 Å². The van der Waals surface area contributed by atoms with E-state index in [9.17, 15) is 9.59 Å². The first kappa shape index (κ1) is 19.9. The number of nitrogens with zero attached hydrogens (tertiary/aromatic N) is 2. The number of benzene rings is 2. The minimum absolute atomic E-state index is 0.00594. The molecule has 2 aromatic rings. The van der Waals surface area contributed by atoms with Gasteiger partial charge in [-0.05, 0) is 31.3 Å². The summed E-state index contributed by atoms with van der Waals surface area (Å²) in [5.74, 6) is 1.05. The van der Waals surface area contributed by atoms with Crippen molar-refractivity contribution in [1.29, 1.82) is 0 Å². The number of nitrogens with one attached hydrogen (secondary N) is 1. The third-order valence-electron chi connectivity index (χ3n) is 4.31. The summed E-state index contributed by atoms with van der Waals surface area (Å²) in [5.41, 5.74) is 0.587. The summed E-state index contributed by atoms with van der Waals surface area (Å²) in [6.07, 6.45) is 0. The molecule has 7 nitrogen and oxygen atoms in total. The summed E-state index contributed by atoms with van der Waals surface area (Å²) in [6, 6.07) is 16.7. The van der Waals surface area contributed by atoms with E-state index in [1.54, 1.807) is 29.0 Å². The van der Waals surface area contributed by atoms with Gasteiger partial charge < -0.3 is 19.7 Å². The molecule has 148 valence electrons. The first-order chi connectivity index (χ1) is 13.6. The lowest BCUT2D eigenvalue weighted by Crippen LogP contribution is -2.46. The van der Waals surface area contributed by atoms with Gasteiger partial charge >= 0.3 is 0 Å². The van der Waals surface area contributed by atoms with E-state index < -0.39 is 0 Å². The van der Waals surface area contributed by atoms with Crippen molar-refractivity contribution in [2.75, 3.05) is 51.8 Å². The summed E-state index contributed by atoms with van der Waals surface area (Å²) >= 11 is 0. The average molecular weight is 383 g/mol. The number of para-hydroxylation sites is 3. The molecule has 7 heteroatoms. The topological polar surface area (TPSA) is 71.1 Å². The van der Waals surface area contributed by atoms with Crippen molar-refractivity contribution in [1.82, 2.24) is 9.80 Å². The van der Waals surface area contributed by atoms with Crippen LogP contribution in [0.25, 0.3) is 0 Å². The number of rotatable bonds is 7. The lowest BCUT2D eigenvalue weighted by molar-refractivity contribution is -0.136. The molecule has 1 saturated heterocycles. The first-order valence-electron chi connectivity index (χ1n) is 9.27. The molecule has 1 aliphatic heterocycles. The van der Waals surface area contributed by atoms with Gasteiger partial charge in [0.2, 0.25) is 11.8 Å². The van der Waals surface area contributed by atoms with Crippen molar-refractivity contribution in [2.24, 2.45) is 0 Å². The standard InChI is InChI=1S/C21H25N3O4/c1-23(16-21(26)24-11-13-27-14-12-24)15-20(25)22-18-9-5-6-10-19(18)28-17-7-3-2-4-8-17/h2-10H,11-16H2,1H3,(H,22,25). The zero-order valence-corrected chi connectivity index (χ0v) is 16.0. The molecule has 1 fully saturated rings. The summed E-state index contributed by atoms with van der Waals surface area (Å²) in [5, 5.41) is 2.86. The van der Waals surface area contributed by atoms with E-state index in [0.29, 0.717) is 43.5 Å². The van der Waals surface area contributed by atoms with Crippen LogP contribution in [0.4, 0.5) is 5.69 Å². The van der Waals surface area contributed by atoms with Crippen molar-refractivity contribution >= 4 is 17.5 Å². The number of likely N-dealkylation sites (N-methyl/N-ethyl adjacent to an activating group) is 1. The number of morpholine rings is 1. The molecule has 0 radical (unpaired) electrons. The van der Waals surface area contributed by atoms with Crippen LogP contribution in [-0.4, -0.2) is 68.1 Å². The van der Waals surface area contributed by atoms with E-state index in [4.69, 9.17) is 9.47 Å².